The second kappa shape index (κ2) is 9.12. The van der Waals surface area contributed by atoms with Crippen molar-refractivity contribution >= 4 is 17.5 Å². The van der Waals surface area contributed by atoms with Gasteiger partial charge in [0.25, 0.3) is 11.8 Å². The molecule has 2 aromatic carbocycles. The lowest BCUT2D eigenvalue weighted by atomic mass is 10.1. The fourth-order valence-corrected chi connectivity index (χ4v) is 3.56. The number of benzene rings is 2. The van der Waals surface area contributed by atoms with E-state index in [-0.39, 0.29) is 18.0 Å². The highest BCUT2D eigenvalue weighted by atomic mass is 16.2. The number of carbonyl (C=O) groups is 2. The van der Waals surface area contributed by atoms with Gasteiger partial charge < -0.3 is 15.5 Å². The van der Waals surface area contributed by atoms with E-state index in [4.69, 9.17) is 0 Å². The molecule has 0 aromatic heterocycles. The highest BCUT2D eigenvalue weighted by Crippen LogP contribution is 2.34. The average Bonchev–Trinajstić information content (AvgIpc) is 2.94. The normalized spacial score (nSPS) is 15.7. The van der Waals surface area contributed by atoms with Crippen LogP contribution < -0.4 is 10.6 Å². The van der Waals surface area contributed by atoms with Crippen LogP contribution in [0.2, 0.25) is 0 Å². The Morgan fingerprint density at radius 2 is 1.69 bits per heavy atom. The van der Waals surface area contributed by atoms with Crippen LogP contribution >= 0.6 is 0 Å². The molecule has 1 aliphatic rings. The first-order valence-electron chi connectivity index (χ1n) is 10.4. The third-order valence-electron chi connectivity index (χ3n) is 5.08. The molecule has 0 radical (unpaired) electrons. The molecular formula is C24H31N3O2. The molecule has 1 heterocycles. The SMILES string of the molecule is CC(C)CCNC(=O)c1ccc(NC2c3ccccc3C(=O)N2CC(C)C)cc1. The van der Waals surface area contributed by atoms with E-state index in [1.165, 1.54) is 0 Å². The Morgan fingerprint density at radius 3 is 2.34 bits per heavy atom. The summed E-state index contributed by atoms with van der Waals surface area (Å²) in [7, 11) is 0. The zero-order valence-corrected chi connectivity index (χ0v) is 17.7. The van der Waals surface area contributed by atoms with Crippen LogP contribution in [0.15, 0.2) is 48.5 Å². The molecule has 0 bridgehead atoms. The topological polar surface area (TPSA) is 61.4 Å². The number of anilines is 1. The highest BCUT2D eigenvalue weighted by molar-refractivity contribution is 5.99. The zero-order chi connectivity index (χ0) is 21.0. The fraction of sp³-hybridized carbons (Fsp3) is 0.417. The molecule has 1 aliphatic heterocycles. The third-order valence-corrected chi connectivity index (χ3v) is 5.08. The van der Waals surface area contributed by atoms with Crippen molar-refractivity contribution in [2.75, 3.05) is 18.4 Å². The van der Waals surface area contributed by atoms with Crippen molar-refractivity contribution in [2.24, 2.45) is 11.8 Å². The van der Waals surface area contributed by atoms with Crippen LogP contribution in [0.3, 0.4) is 0 Å². The quantitative estimate of drug-likeness (QED) is 0.684. The Bertz CT molecular complexity index is 859. The van der Waals surface area contributed by atoms with Gasteiger partial charge in [-0.2, -0.15) is 0 Å². The number of nitrogens with one attached hydrogen (secondary N) is 2. The van der Waals surface area contributed by atoms with Crippen molar-refractivity contribution in [3.05, 3.63) is 65.2 Å². The van der Waals surface area contributed by atoms with Crippen molar-refractivity contribution in [1.82, 2.24) is 10.2 Å². The minimum Gasteiger partial charge on any atom is -0.361 e. The predicted molar refractivity (Wildman–Crippen MR) is 117 cm³/mol. The molecule has 5 nitrogen and oxygen atoms in total. The van der Waals surface area contributed by atoms with Gasteiger partial charge in [-0.1, -0.05) is 45.9 Å². The molecule has 1 atom stereocenters. The molecule has 2 aromatic rings. The molecule has 3 rings (SSSR count). The first-order valence-corrected chi connectivity index (χ1v) is 10.4. The third kappa shape index (κ3) is 4.97. The van der Waals surface area contributed by atoms with Crippen LogP contribution in [0, 0.1) is 11.8 Å². The smallest absolute Gasteiger partial charge is 0.256 e. The lowest BCUT2D eigenvalue weighted by Crippen LogP contribution is -2.35. The van der Waals surface area contributed by atoms with Crippen LogP contribution in [-0.2, 0) is 0 Å². The summed E-state index contributed by atoms with van der Waals surface area (Å²) < 4.78 is 0. The van der Waals surface area contributed by atoms with Gasteiger partial charge in [-0.3, -0.25) is 9.59 Å². The summed E-state index contributed by atoms with van der Waals surface area (Å²) in [6.07, 6.45) is 0.762. The number of amides is 2. The molecule has 0 saturated heterocycles. The highest BCUT2D eigenvalue weighted by Gasteiger charge is 2.36. The van der Waals surface area contributed by atoms with Gasteiger partial charge >= 0.3 is 0 Å². The summed E-state index contributed by atoms with van der Waals surface area (Å²) in [5, 5.41) is 6.44. The maximum atomic E-state index is 12.9. The van der Waals surface area contributed by atoms with Crippen molar-refractivity contribution < 1.29 is 9.59 Å². The van der Waals surface area contributed by atoms with Crippen LogP contribution in [0.1, 0.15) is 66.6 Å². The Hall–Kier alpha value is -2.82. The van der Waals surface area contributed by atoms with Gasteiger partial charge in [0.1, 0.15) is 6.17 Å². The van der Waals surface area contributed by atoms with E-state index in [9.17, 15) is 9.59 Å². The van der Waals surface area contributed by atoms with Crippen molar-refractivity contribution in [3.8, 4) is 0 Å². The van der Waals surface area contributed by atoms with Crippen molar-refractivity contribution in [3.63, 3.8) is 0 Å². The first kappa shape index (κ1) is 20.9. The summed E-state index contributed by atoms with van der Waals surface area (Å²) in [5.41, 5.74) is 3.27. The number of hydrogen-bond donors (Lipinski definition) is 2. The molecule has 0 saturated carbocycles. The minimum absolute atomic E-state index is 0.0555. The number of fused-ring (bicyclic) bond motifs is 1. The standard InChI is InChI=1S/C24H31N3O2/c1-16(2)13-14-25-23(28)18-9-11-19(12-10-18)26-22-20-7-5-6-8-21(20)24(29)27(22)15-17(3)4/h5-12,16-17,22,26H,13-15H2,1-4H3,(H,25,28). The van der Waals surface area contributed by atoms with E-state index < -0.39 is 0 Å². The van der Waals surface area contributed by atoms with Gasteiger partial charge in [-0.25, -0.2) is 0 Å². The van der Waals surface area contributed by atoms with Gasteiger partial charge in [-0.05, 0) is 48.6 Å². The maximum absolute atomic E-state index is 12.9. The molecule has 1 unspecified atom stereocenters. The van der Waals surface area contributed by atoms with Gasteiger partial charge in [0.2, 0.25) is 0 Å². The minimum atomic E-state index is -0.202. The van der Waals surface area contributed by atoms with Gasteiger partial charge in [0.15, 0.2) is 0 Å². The molecule has 154 valence electrons. The van der Waals surface area contributed by atoms with E-state index in [0.717, 1.165) is 23.2 Å². The summed E-state index contributed by atoms with van der Waals surface area (Å²) in [6.45, 7) is 9.87. The van der Waals surface area contributed by atoms with Gasteiger partial charge in [0.05, 0.1) is 0 Å². The van der Waals surface area contributed by atoms with Crippen molar-refractivity contribution in [2.45, 2.75) is 40.3 Å². The summed E-state index contributed by atoms with van der Waals surface area (Å²) in [4.78, 5) is 27.0. The molecule has 5 heteroatoms. The van der Waals surface area contributed by atoms with E-state index in [1.54, 1.807) is 0 Å². The lowest BCUT2D eigenvalue weighted by Gasteiger charge is -2.28. The van der Waals surface area contributed by atoms with Crippen LogP contribution in [0.4, 0.5) is 5.69 Å². The Morgan fingerprint density at radius 1 is 1.00 bits per heavy atom. The summed E-state index contributed by atoms with van der Waals surface area (Å²) in [5.74, 6) is 0.940. The van der Waals surface area contributed by atoms with Gasteiger partial charge in [0, 0.05) is 35.5 Å². The number of rotatable bonds is 8. The van der Waals surface area contributed by atoms with Crippen LogP contribution in [-0.4, -0.2) is 29.8 Å². The Kier molecular flexibility index (Phi) is 6.57. The van der Waals surface area contributed by atoms with Crippen LogP contribution in [0.25, 0.3) is 0 Å². The Balaban J connectivity index is 1.72. The van der Waals surface area contributed by atoms with E-state index in [0.29, 0.717) is 30.5 Å². The molecular weight excluding hydrogens is 362 g/mol. The van der Waals surface area contributed by atoms with Crippen molar-refractivity contribution in [1.29, 1.82) is 0 Å². The molecule has 2 amide bonds. The zero-order valence-electron chi connectivity index (χ0n) is 17.7. The van der Waals surface area contributed by atoms with E-state index in [2.05, 4.69) is 38.3 Å². The summed E-state index contributed by atoms with van der Waals surface area (Å²) >= 11 is 0. The van der Waals surface area contributed by atoms with Gasteiger partial charge in [-0.15, -0.1) is 0 Å². The number of nitrogens with zero attached hydrogens (tertiary/aromatic N) is 1. The fourth-order valence-electron chi connectivity index (χ4n) is 3.56. The Labute approximate surface area is 173 Å². The summed E-state index contributed by atoms with van der Waals surface area (Å²) in [6, 6.07) is 15.2. The second-order valence-corrected chi connectivity index (χ2v) is 8.50. The molecule has 0 fully saturated rings. The molecule has 0 spiro atoms. The van der Waals surface area contributed by atoms with Crippen LogP contribution in [0.5, 0.6) is 0 Å². The second-order valence-electron chi connectivity index (χ2n) is 8.50. The average molecular weight is 394 g/mol. The molecule has 29 heavy (non-hydrogen) atoms. The monoisotopic (exact) mass is 393 g/mol. The number of carbonyl (C=O) groups excluding carboxylic acids is 2. The first-order chi connectivity index (χ1) is 13.9. The largest absolute Gasteiger partial charge is 0.361 e. The van der Waals surface area contributed by atoms with E-state index in [1.807, 2.05) is 53.4 Å². The van der Waals surface area contributed by atoms with E-state index >= 15 is 0 Å². The molecule has 0 aliphatic carbocycles. The number of hydrogen-bond acceptors (Lipinski definition) is 3. The molecule has 2 N–H and O–H groups in total. The lowest BCUT2D eigenvalue weighted by molar-refractivity contribution is 0.0720. The predicted octanol–water partition coefficient (Wildman–Crippen LogP) is 4.69. The maximum Gasteiger partial charge on any atom is 0.256 e.